The van der Waals surface area contributed by atoms with E-state index in [1.807, 2.05) is 13.0 Å². The summed E-state index contributed by atoms with van der Waals surface area (Å²) in [6, 6.07) is 1.92. The van der Waals surface area contributed by atoms with Crippen molar-refractivity contribution >= 4 is 11.6 Å². The molecule has 0 aromatic carbocycles. The third kappa shape index (κ3) is 1.84. The van der Waals surface area contributed by atoms with Crippen molar-refractivity contribution in [3.63, 3.8) is 0 Å². The number of nitrogens with zero attached hydrogens (tertiary/aromatic N) is 1. The summed E-state index contributed by atoms with van der Waals surface area (Å²) in [5, 5.41) is 0. The molecule has 0 spiro atoms. The predicted octanol–water partition coefficient (Wildman–Crippen LogP) is 2.14. The highest BCUT2D eigenvalue weighted by Gasteiger charge is 2.01. The molecule has 1 rings (SSSR count). The van der Waals surface area contributed by atoms with E-state index in [-0.39, 0.29) is 0 Å². The number of aromatic nitrogens is 1. The Morgan fingerprint density at radius 3 is 2.91 bits per heavy atom. The molecule has 0 aliphatic carbocycles. The second kappa shape index (κ2) is 3.58. The quantitative estimate of drug-likeness (QED) is 0.637. The van der Waals surface area contributed by atoms with E-state index in [4.69, 9.17) is 16.3 Å². The Hall–Kier alpha value is -0.760. The molecule has 0 saturated heterocycles. The fraction of sp³-hybridized carbons (Fsp3) is 0.375. The molecule has 0 bridgehead atoms. The van der Waals surface area contributed by atoms with Gasteiger partial charge in [-0.1, -0.05) is 0 Å². The molecule has 0 amide bonds. The Kier molecular flexibility index (Phi) is 2.71. The SMILES string of the molecule is COc1cc(C)cnc1CCl. The number of halogens is 1. The summed E-state index contributed by atoms with van der Waals surface area (Å²) < 4.78 is 5.07. The average Bonchev–Trinajstić information content (AvgIpc) is 2.04. The van der Waals surface area contributed by atoms with Gasteiger partial charge in [-0.2, -0.15) is 0 Å². The fourth-order valence-corrected chi connectivity index (χ4v) is 1.05. The maximum absolute atomic E-state index is 5.62. The van der Waals surface area contributed by atoms with Crippen LogP contribution in [0.3, 0.4) is 0 Å². The summed E-state index contributed by atoms with van der Waals surface area (Å²) in [5.41, 5.74) is 1.87. The fourth-order valence-electron chi connectivity index (χ4n) is 0.848. The number of alkyl halides is 1. The van der Waals surface area contributed by atoms with E-state index < -0.39 is 0 Å². The van der Waals surface area contributed by atoms with E-state index in [2.05, 4.69) is 4.98 Å². The molecule has 0 saturated carbocycles. The van der Waals surface area contributed by atoms with Crippen LogP contribution in [0, 0.1) is 6.92 Å². The van der Waals surface area contributed by atoms with E-state index >= 15 is 0 Å². The molecule has 0 unspecified atom stereocenters. The normalized spacial score (nSPS) is 9.73. The van der Waals surface area contributed by atoms with E-state index in [0.717, 1.165) is 17.0 Å². The monoisotopic (exact) mass is 171 g/mol. The molecular weight excluding hydrogens is 162 g/mol. The summed E-state index contributed by atoms with van der Waals surface area (Å²) in [5.74, 6) is 1.16. The highest BCUT2D eigenvalue weighted by Crippen LogP contribution is 2.18. The Morgan fingerprint density at radius 2 is 2.36 bits per heavy atom. The van der Waals surface area contributed by atoms with Crippen LogP contribution >= 0.6 is 11.6 Å². The van der Waals surface area contributed by atoms with Crippen LogP contribution in [-0.4, -0.2) is 12.1 Å². The van der Waals surface area contributed by atoms with E-state index in [1.54, 1.807) is 13.3 Å². The van der Waals surface area contributed by atoms with E-state index in [0.29, 0.717) is 5.88 Å². The lowest BCUT2D eigenvalue weighted by Crippen LogP contribution is -1.93. The molecule has 0 fully saturated rings. The van der Waals surface area contributed by atoms with Gasteiger partial charge in [0.05, 0.1) is 18.7 Å². The highest BCUT2D eigenvalue weighted by atomic mass is 35.5. The van der Waals surface area contributed by atoms with Crippen molar-refractivity contribution in [2.75, 3.05) is 7.11 Å². The molecule has 1 heterocycles. The Bertz CT molecular complexity index is 250. The second-order valence-electron chi connectivity index (χ2n) is 2.30. The first-order valence-electron chi connectivity index (χ1n) is 3.33. The molecule has 11 heavy (non-hydrogen) atoms. The van der Waals surface area contributed by atoms with Crippen LogP contribution in [0.2, 0.25) is 0 Å². The zero-order chi connectivity index (χ0) is 8.27. The third-order valence-corrected chi connectivity index (χ3v) is 1.67. The number of hydrogen-bond acceptors (Lipinski definition) is 2. The first-order chi connectivity index (χ1) is 5.27. The van der Waals surface area contributed by atoms with Crippen molar-refractivity contribution in [1.29, 1.82) is 0 Å². The van der Waals surface area contributed by atoms with Gasteiger partial charge < -0.3 is 4.74 Å². The van der Waals surface area contributed by atoms with Crippen molar-refractivity contribution in [2.24, 2.45) is 0 Å². The number of aryl methyl sites for hydroxylation is 1. The van der Waals surface area contributed by atoms with Gasteiger partial charge in [-0.15, -0.1) is 11.6 Å². The molecular formula is C8H10ClNO. The molecule has 3 heteroatoms. The molecule has 0 atom stereocenters. The first kappa shape index (κ1) is 8.34. The standard InChI is InChI=1S/C8H10ClNO/c1-6-3-8(11-2)7(4-9)10-5-6/h3,5H,4H2,1-2H3. The number of pyridine rings is 1. The lowest BCUT2D eigenvalue weighted by molar-refractivity contribution is 0.408. The summed E-state index contributed by atoms with van der Waals surface area (Å²) in [6.45, 7) is 1.97. The maximum atomic E-state index is 5.62. The minimum atomic E-state index is 0.392. The second-order valence-corrected chi connectivity index (χ2v) is 2.56. The van der Waals surface area contributed by atoms with E-state index in [9.17, 15) is 0 Å². The molecule has 60 valence electrons. The van der Waals surface area contributed by atoms with Crippen LogP contribution in [0.25, 0.3) is 0 Å². The molecule has 2 nitrogen and oxygen atoms in total. The van der Waals surface area contributed by atoms with Crippen LogP contribution in [0.1, 0.15) is 11.3 Å². The van der Waals surface area contributed by atoms with Gasteiger partial charge in [-0.25, -0.2) is 0 Å². The van der Waals surface area contributed by atoms with Crippen LogP contribution in [0.4, 0.5) is 0 Å². The summed E-state index contributed by atoms with van der Waals surface area (Å²) in [6.07, 6.45) is 1.78. The summed E-state index contributed by atoms with van der Waals surface area (Å²) in [4.78, 5) is 4.11. The molecule has 0 aliphatic rings. The van der Waals surface area contributed by atoms with Crippen LogP contribution in [0.15, 0.2) is 12.3 Å². The summed E-state index contributed by atoms with van der Waals surface area (Å²) >= 11 is 5.62. The number of rotatable bonds is 2. The van der Waals surface area contributed by atoms with Gasteiger partial charge in [-0.3, -0.25) is 4.98 Å². The number of methoxy groups -OCH3 is 1. The number of ether oxygens (including phenoxy) is 1. The van der Waals surface area contributed by atoms with Crippen molar-refractivity contribution < 1.29 is 4.74 Å². The number of hydrogen-bond donors (Lipinski definition) is 0. The maximum Gasteiger partial charge on any atom is 0.141 e. The topological polar surface area (TPSA) is 22.1 Å². The van der Waals surface area contributed by atoms with Gasteiger partial charge in [-0.05, 0) is 18.6 Å². The van der Waals surface area contributed by atoms with Crippen molar-refractivity contribution in [1.82, 2.24) is 4.98 Å². The van der Waals surface area contributed by atoms with Crippen LogP contribution < -0.4 is 4.74 Å². The van der Waals surface area contributed by atoms with Crippen molar-refractivity contribution in [3.8, 4) is 5.75 Å². The van der Waals surface area contributed by atoms with Gasteiger partial charge in [0, 0.05) is 6.20 Å². The minimum absolute atomic E-state index is 0.392. The largest absolute Gasteiger partial charge is 0.495 e. The minimum Gasteiger partial charge on any atom is -0.495 e. The Labute approximate surface area is 71.2 Å². The lowest BCUT2D eigenvalue weighted by Gasteiger charge is -2.04. The third-order valence-electron chi connectivity index (χ3n) is 1.41. The predicted molar refractivity (Wildman–Crippen MR) is 45.1 cm³/mol. The molecule has 0 radical (unpaired) electrons. The zero-order valence-corrected chi connectivity index (χ0v) is 7.35. The average molecular weight is 172 g/mol. The zero-order valence-electron chi connectivity index (χ0n) is 6.60. The summed E-state index contributed by atoms with van der Waals surface area (Å²) in [7, 11) is 1.62. The van der Waals surface area contributed by atoms with Gasteiger partial charge in [0.25, 0.3) is 0 Å². The highest BCUT2D eigenvalue weighted by molar-refractivity contribution is 6.17. The van der Waals surface area contributed by atoms with Crippen molar-refractivity contribution in [2.45, 2.75) is 12.8 Å². The molecule has 0 N–H and O–H groups in total. The van der Waals surface area contributed by atoms with Crippen LogP contribution in [-0.2, 0) is 5.88 Å². The first-order valence-corrected chi connectivity index (χ1v) is 3.87. The van der Waals surface area contributed by atoms with Crippen LogP contribution in [0.5, 0.6) is 5.75 Å². The van der Waals surface area contributed by atoms with Gasteiger partial charge in [0.15, 0.2) is 0 Å². The van der Waals surface area contributed by atoms with Gasteiger partial charge in [0.2, 0.25) is 0 Å². The smallest absolute Gasteiger partial charge is 0.141 e. The molecule has 1 aromatic heterocycles. The molecule has 0 aliphatic heterocycles. The lowest BCUT2D eigenvalue weighted by atomic mass is 10.2. The van der Waals surface area contributed by atoms with Crippen molar-refractivity contribution in [3.05, 3.63) is 23.5 Å². The Balaban J connectivity index is 3.06. The molecule has 1 aromatic rings. The van der Waals surface area contributed by atoms with E-state index in [1.165, 1.54) is 0 Å². The van der Waals surface area contributed by atoms with Gasteiger partial charge in [0.1, 0.15) is 5.75 Å². The Morgan fingerprint density at radius 1 is 1.64 bits per heavy atom. The van der Waals surface area contributed by atoms with Gasteiger partial charge >= 0.3 is 0 Å².